The summed E-state index contributed by atoms with van der Waals surface area (Å²) in [6, 6.07) is 0.0262. The van der Waals surface area contributed by atoms with E-state index < -0.39 is 5.41 Å². The topological polar surface area (TPSA) is 64.2 Å². The molecule has 140 valence electrons. The van der Waals surface area contributed by atoms with Crippen LogP contribution in [0.1, 0.15) is 33.1 Å². The first-order valence-corrected chi connectivity index (χ1v) is 9.27. The minimum absolute atomic E-state index is 0.0262. The second-order valence-electron chi connectivity index (χ2n) is 8.04. The summed E-state index contributed by atoms with van der Waals surface area (Å²) in [7, 11) is 3.53. The van der Waals surface area contributed by atoms with Gasteiger partial charge in [0.1, 0.15) is 0 Å². The van der Waals surface area contributed by atoms with Crippen molar-refractivity contribution in [3.8, 4) is 0 Å². The lowest BCUT2D eigenvalue weighted by Gasteiger charge is -2.47. The lowest BCUT2D eigenvalue weighted by molar-refractivity contribution is -0.142. The average molecular weight is 350 g/mol. The summed E-state index contributed by atoms with van der Waals surface area (Å²) < 4.78 is 0. The first-order valence-electron chi connectivity index (χ1n) is 9.27. The van der Waals surface area contributed by atoms with Gasteiger partial charge in [0.2, 0.25) is 11.8 Å². The lowest BCUT2D eigenvalue weighted by atomic mass is 9.60. The molecule has 3 aliphatic heterocycles. The van der Waals surface area contributed by atoms with Gasteiger partial charge in [0.25, 0.3) is 0 Å². The van der Waals surface area contributed by atoms with E-state index in [2.05, 4.69) is 0 Å². The molecule has 7 nitrogen and oxygen atoms in total. The standard InChI is InChI=1S/C18H30N4O3/c1-5-20-11-8-18(15(20)24)13-22(14(2)23)12-17(18)6-9-21(10-7-17)16(25)19(3)4/h5-13H2,1-4H3/t18-/m0/s1. The Kier molecular flexibility index (Phi) is 4.45. The Morgan fingerprint density at radius 1 is 1.04 bits per heavy atom. The maximum absolute atomic E-state index is 13.2. The molecule has 0 radical (unpaired) electrons. The van der Waals surface area contributed by atoms with Gasteiger partial charge in [0.05, 0.1) is 5.41 Å². The molecule has 1 atom stereocenters. The molecular formula is C18H30N4O3. The number of piperidine rings is 1. The van der Waals surface area contributed by atoms with E-state index in [0.717, 1.165) is 32.4 Å². The number of likely N-dealkylation sites (tertiary alicyclic amines) is 3. The van der Waals surface area contributed by atoms with Crippen molar-refractivity contribution >= 4 is 17.8 Å². The van der Waals surface area contributed by atoms with Crippen LogP contribution in [0.3, 0.4) is 0 Å². The van der Waals surface area contributed by atoms with Crippen molar-refractivity contribution in [2.45, 2.75) is 33.1 Å². The minimum atomic E-state index is -0.456. The summed E-state index contributed by atoms with van der Waals surface area (Å²) in [4.78, 5) is 44.8. The van der Waals surface area contributed by atoms with Gasteiger partial charge in [-0.2, -0.15) is 0 Å². The Morgan fingerprint density at radius 2 is 1.68 bits per heavy atom. The molecule has 3 heterocycles. The van der Waals surface area contributed by atoms with Gasteiger partial charge in [-0.15, -0.1) is 0 Å². The van der Waals surface area contributed by atoms with Gasteiger partial charge in [0, 0.05) is 65.7 Å². The highest BCUT2D eigenvalue weighted by molar-refractivity contribution is 5.88. The third-order valence-corrected chi connectivity index (χ3v) is 6.68. The summed E-state index contributed by atoms with van der Waals surface area (Å²) >= 11 is 0. The molecule has 3 rings (SSSR count). The smallest absolute Gasteiger partial charge is 0.319 e. The minimum Gasteiger partial charge on any atom is -0.342 e. The Hall–Kier alpha value is -1.79. The van der Waals surface area contributed by atoms with Crippen molar-refractivity contribution in [1.29, 1.82) is 0 Å². The van der Waals surface area contributed by atoms with Crippen molar-refractivity contribution in [3.63, 3.8) is 0 Å². The zero-order valence-corrected chi connectivity index (χ0v) is 15.9. The molecular weight excluding hydrogens is 320 g/mol. The van der Waals surface area contributed by atoms with Gasteiger partial charge in [-0.25, -0.2) is 4.79 Å². The fraction of sp³-hybridized carbons (Fsp3) is 0.833. The van der Waals surface area contributed by atoms with E-state index in [-0.39, 0.29) is 23.3 Å². The van der Waals surface area contributed by atoms with Crippen molar-refractivity contribution in [2.24, 2.45) is 10.8 Å². The molecule has 4 amide bonds. The highest BCUT2D eigenvalue weighted by Gasteiger charge is 2.65. The van der Waals surface area contributed by atoms with E-state index in [1.165, 1.54) is 0 Å². The van der Waals surface area contributed by atoms with Crippen molar-refractivity contribution in [1.82, 2.24) is 19.6 Å². The second-order valence-corrected chi connectivity index (χ2v) is 8.04. The monoisotopic (exact) mass is 350 g/mol. The normalized spacial score (nSPS) is 28.3. The molecule has 3 aliphatic rings. The maximum Gasteiger partial charge on any atom is 0.319 e. The summed E-state index contributed by atoms with van der Waals surface area (Å²) in [6.07, 6.45) is 2.41. The summed E-state index contributed by atoms with van der Waals surface area (Å²) in [5, 5.41) is 0. The molecule has 25 heavy (non-hydrogen) atoms. The number of carbonyl (C=O) groups is 3. The predicted octanol–water partition coefficient (Wildman–Crippen LogP) is 0.851. The Bertz CT molecular complexity index is 583. The molecule has 0 unspecified atom stereocenters. The van der Waals surface area contributed by atoms with Crippen molar-refractivity contribution in [3.05, 3.63) is 0 Å². The van der Waals surface area contributed by atoms with E-state index in [1.807, 2.05) is 21.6 Å². The maximum atomic E-state index is 13.2. The highest BCUT2D eigenvalue weighted by atomic mass is 16.2. The van der Waals surface area contributed by atoms with Crippen LogP contribution in [0.5, 0.6) is 0 Å². The third kappa shape index (κ3) is 2.59. The summed E-state index contributed by atoms with van der Waals surface area (Å²) in [6.45, 7) is 7.61. The summed E-state index contributed by atoms with van der Waals surface area (Å²) in [5.41, 5.74) is -0.648. The number of hydrogen-bond acceptors (Lipinski definition) is 3. The first kappa shape index (κ1) is 18.0. The quantitative estimate of drug-likeness (QED) is 0.704. The Morgan fingerprint density at radius 3 is 2.16 bits per heavy atom. The molecule has 0 bridgehead atoms. The van der Waals surface area contributed by atoms with E-state index in [9.17, 15) is 14.4 Å². The first-order chi connectivity index (χ1) is 11.8. The molecule has 3 saturated heterocycles. The molecule has 0 saturated carbocycles. The molecule has 2 spiro atoms. The number of hydrogen-bond donors (Lipinski definition) is 0. The van der Waals surface area contributed by atoms with Crippen LogP contribution < -0.4 is 0 Å². The van der Waals surface area contributed by atoms with Gasteiger partial charge in [-0.05, 0) is 26.2 Å². The second kappa shape index (κ2) is 6.18. The lowest BCUT2D eigenvalue weighted by Crippen LogP contribution is -2.54. The Labute approximate surface area is 149 Å². The zero-order valence-electron chi connectivity index (χ0n) is 15.9. The van der Waals surface area contributed by atoms with Gasteiger partial charge < -0.3 is 19.6 Å². The predicted molar refractivity (Wildman–Crippen MR) is 93.9 cm³/mol. The molecule has 7 heteroatoms. The molecule has 0 aromatic heterocycles. The van der Waals surface area contributed by atoms with Crippen molar-refractivity contribution < 1.29 is 14.4 Å². The Balaban J connectivity index is 1.87. The van der Waals surface area contributed by atoms with Crippen LogP contribution in [0.15, 0.2) is 0 Å². The number of urea groups is 1. The van der Waals surface area contributed by atoms with E-state index in [4.69, 9.17) is 0 Å². The van der Waals surface area contributed by atoms with E-state index in [1.54, 1.807) is 25.9 Å². The molecule has 3 fully saturated rings. The van der Waals surface area contributed by atoms with Crippen LogP contribution in [0.4, 0.5) is 4.79 Å². The fourth-order valence-corrected chi connectivity index (χ4v) is 5.11. The van der Waals surface area contributed by atoms with Crippen LogP contribution >= 0.6 is 0 Å². The van der Waals surface area contributed by atoms with Crippen LogP contribution in [-0.2, 0) is 9.59 Å². The van der Waals surface area contributed by atoms with E-state index in [0.29, 0.717) is 26.2 Å². The van der Waals surface area contributed by atoms with Gasteiger partial charge in [-0.1, -0.05) is 0 Å². The number of amides is 4. The number of nitrogens with zero attached hydrogens (tertiary/aromatic N) is 4. The number of rotatable bonds is 1. The van der Waals surface area contributed by atoms with Crippen LogP contribution in [0.2, 0.25) is 0 Å². The van der Waals surface area contributed by atoms with Crippen LogP contribution in [0, 0.1) is 10.8 Å². The largest absolute Gasteiger partial charge is 0.342 e. The fourth-order valence-electron chi connectivity index (χ4n) is 5.11. The molecule has 0 aliphatic carbocycles. The summed E-state index contributed by atoms with van der Waals surface area (Å²) in [5.74, 6) is 0.261. The molecule has 0 aromatic rings. The van der Waals surface area contributed by atoms with Gasteiger partial charge >= 0.3 is 6.03 Å². The average Bonchev–Trinajstić information content (AvgIpc) is 3.08. The number of carbonyl (C=O) groups excluding carboxylic acids is 3. The van der Waals surface area contributed by atoms with Gasteiger partial charge in [-0.3, -0.25) is 9.59 Å². The SMILES string of the molecule is CCN1CC[C@]2(CN(C(C)=O)CC23CCN(C(=O)N(C)C)CC3)C1=O. The van der Waals surface area contributed by atoms with Crippen molar-refractivity contribution in [2.75, 3.05) is 53.4 Å². The van der Waals surface area contributed by atoms with Gasteiger partial charge in [0.15, 0.2) is 0 Å². The molecule has 0 N–H and O–H groups in total. The zero-order chi connectivity index (χ0) is 18.4. The van der Waals surface area contributed by atoms with Crippen LogP contribution in [-0.4, -0.2) is 90.8 Å². The van der Waals surface area contributed by atoms with Crippen LogP contribution in [0.25, 0.3) is 0 Å². The number of fused-ring (bicyclic) bond motifs is 1. The highest BCUT2D eigenvalue weighted by Crippen LogP contribution is 2.57. The third-order valence-electron chi connectivity index (χ3n) is 6.68. The molecule has 0 aromatic carbocycles. The van der Waals surface area contributed by atoms with E-state index >= 15 is 0 Å².